The van der Waals surface area contributed by atoms with E-state index in [1.54, 1.807) is 60.7 Å². The van der Waals surface area contributed by atoms with Crippen LogP contribution in [0.2, 0.25) is 0 Å². The Morgan fingerprint density at radius 1 is 0.792 bits per heavy atom. The maximum atomic E-state index is 14.5. The highest BCUT2D eigenvalue weighted by Crippen LogP contribution is 2.37. The van der Waals surface area contributed by atoms with Gasteiger partial charge in [0.15, 0.2) is 0 Å². The molecule has 3 amide bonds. The van der Waals surface area contributed by atoms with Crippen molar-refractivity contribution in [3.8, 4) is 0 Å². The first-order valence-electron chi connectivity index (χ1n) is 14.9. The maximum Gasteiger partial charge on any atom is 0.272 e. The van der Waals surface area contributed by atoms with E-state index in [-0.39, 0.29) is 17.3 Å². The Morgan fingerprint density at radius 3 is 2.06 bits per heavy atom. The van der Waals surface area contributed by atoms with Gasteiger partial charge in [0.2, 0.25) is 5.91 Å². The summed E-state index contributed by atoms with van der Waals surface area (Å²) < 4.78 is 15.1. The number of carbonyl (C=O) groups excluding carboxylic acids is 3. The van der Waals surface area contributed by atoms with Gasteiger partial charge in [-0.1, -0.05) is 76.6 Å². The third kappa shape index (κ3) is 9.21. The number of nitrogens with zero attached hydrogens (tertiary/aromatic N) is 1. The van der Waals surface area contributed by atoms with E-state index in [2.05, 4.69) is 31.9 Å². The summed E-state index contributed by atoms with van der Waals surface area (Å²) in [5.41, 5.74) is 3.54. The molecule has 5 aromatic carbocycles. The molecule has 0 saturated carbocycles. The number of amides is 3. The fourth-order valence-electron chi connectivity index (χ4n) is 4.62. The average molecular weight is 724 g/mol. The lowest BCUT2D eigenvalue weighted by Gasteiger charge is -2.18. The van der Waals surface area contributed by atoms with Gasteiger partial charge < -0.3 is 20.9 Å². The monoisotopic (exact) mass is 722 g/mol. The Bertz CT molecular complexity index is 1920. The van der Waals surface area contributed by atoms with Crippen molar-refractivity contribution in [1.29, 1.82) is 0 Å². The fraction of sp³-hybridized carbons (Fsp3) is 0.0789. The summed E-state index contributed by atoms with van der Waals surface area (Å²) in [6, 6.07) is 36.9. The van der Waals surface area contributed by atoms with Crippen LogP contribution in [-0.2, 0) is 9.59 Å². The molecule has 0 aromatic heterocycles. The number of halogens is 2. The smallest absolute Gasteiger partial charge is 0.272 e. The highest BCUT2D eigenvalue weighted by Gasteiger charge is 2.23. The van der Waals surface area contributed by atoms with Gasteiger partial charge in [0.25, 0.3) is 11.8 Å². The van der Waals surface area contributed by atoms with E-state index < -0.39 is 22.9 Å². The van der Waals surface area contributed by atoms with Crippen molar-refractivity contribution >= 4 is 68.6 Å². The molecule has 1 unspecified atom stereocenters. The summed E-state index contributed by atoms with van der Waals surface area (Å²) in [5.74, 6) is -1.85. The first-order chi connectivity index (χ1) is 23.2. The molecule has 3 N–H and O–H groups in total. The molecule has 0 aliphatic carbocycles. The van der Waals surface area contributed by atoms with Crippen molar-refractivity contribution in [1.82, 2.24) is 5.32 Å². The number of hydrogen-bond acceptors (Lipinski definition) is 5. The largest absolute Gasteiger partial charge is 0.378 e. The van der Waals surface area contributed by atoms with Crippen LogP contribution >= 0.6 is 27.7 Å². The van der Waals surface area contributed by atoms with E-state index in [0.29, 0.717) is 15.7 Å². The first-order valence-corrected chi connectivity index (χ1v) is 16.6. The molecule has 0 fully saturated rings. The Morgan fingerprint density at radius 2 is 1.44 bits per heavy atom. The van der Waals surface area contributed by atoms with Gasteiger partial charge in [-0.2, -0.15) is 0 Å². The number of anilines is 3. The highest BCUT2D eigenvalue weighted by molar-refractivity contribution is 9.10. The van der Waals surface area contributed by atoms with Crippen LogP contribution < -0.4 is 20.9 Å². The molecule has 0 saturated heterocycles. The molecule has 0 bridgehead atoms. The Hall–Kier alpha value is -5.19. The average Bonchev–Trinajstić information content (AvgIpc) is 3.09. The molecule has 0 spiro atoms. The molecular formula is C38H32BrFN4O3S. The molecule has 10 heteroatoms. The van der Waals surface area contributed by atoms with Crippen molar-refractivity contribution in [2.24, 2.45) is 0 Å². The van der Waals surface area contributed by atoms with Crippen LogP contribution in [0.3, 0.4) is 0 Å². The minimum absolute atomic E-state index is 0.0703. The number of nitrogens with one attached hydrogen (secondary N) is 3. The standard InChI is InChI=1S/C38H32BrFN4O3S/c1-44(2)30-18-13-25(14-19-30)23-34(43-36(45)27-11-7-4-8-12-27)37(46)41-29-16-20-31(21-17-29)48-35(26-9-5-3-6-10-26)38(47)42-33-22-15-28(39)24-32(33)40/h3-24,35H,1-2H3,(H,41,46)(H,42,47)(H,43,45)/b34-23-. The molecular weight excluding hydrogens is 691 g/mol. The summed E-state index contributed by atoms with van der Waals surface area (Å²) in [7, 11) is 3.88. The van der Waals surface area contributed by atoms with Crippen LogP contribution in [0.1, 0.15) is 26.7 Å². The van der Waals surface area contributed by atoms with Gasteiger partial charge in [-0.3, -0.25) is 14.4 Å². The van der Waals surface area contributed by atoms with E-state index in [0.717, 1.165) is 21.7 Å². The summed E-state index contributed by atoms with van der Waals surface area (Å²) in [6.45, 7) is 0. The molecule has 5 rings (SSSR count). The Labute approximate surface area is 291 Å². The second kappa shape index (κ2) is 16.1. The third-order valence-corrected chi connectivity index (χ3v) is 8.90. The van der Waals surface area contributed by atoms with Crippen LogP contribution in [0.5, 0.6) is 0 Å². The van der Waals surface area contributed by atoms with E-state index >= 15 is 0 Å². The van der Waals surface area contributed by atoms with Gasteiger partial charge in [-0.15, -0.1) is 11.8 Å². The SMILES string of the molecule is CN(C)c1ccc(/C=C(\NC(=O)c2ccccc2)C(=O)Nc2ccc(SC(C(=O)Nc3ccc(Br)cc3F)c3ccccc3)cc2)cc1. The molecule has 0 aliphatic rings. The summed E-state index contributed by atoms with van der Waals surface area (Å²) in [5, 5.41) is 7.64. The lowest BCUT2D eigenvalue weighted by Crippen LogP contribution is -2.30. The molecule has 242 valence electrons. The minimum Gasteiger partial charge on any atom is -0.378 e. The van der Waals surface area contributed by atoms with Crippen molar-refractivity contribution in [3.63, 3.8) is 0 Å². The van der Waals surface area contributed by atoms with Crippen LogP contribution in [0.25, 0.3) is 6.08 Å². The maximum absolute atomic E-state index is 14.5. The van der Waals surface area contributed by atoms with Crippen molar-refractivity contribution in [3.05, 3.63) is 160 Å². The number of rotatable bonds is 11. The van der Waals surface area contributed by atoms with Crippen LogP contribution in [-0.4, -0.2) is 31.8 Å². The molecule has 7 nitrogen and oxygen atoms in total. The van der Waals surface area contributed by atoms with E-state index in [1.165, 1.54) is 23.9 Å². The Balaban J connectivity index is 1.33. The van der Waals surface area contributed by atoms with Crippen molar-refractivity contribution < 1.29 is 18.8 Å². The lowest BCUT2D eigenvalue weighted by atomic mass is 10.1. The second-order valence-electron chi connectivity index (χ2n) is 10.9. The Kier molecular flexibility index (Phi) is 11.4. The van der Waals surface area contributed by atoms with Crippen molar-refractivity contribution in [2.75, 3.05) is 29.6 Å². The molecule has 1 atom stereocenters. The molecule has 0 heterocycles. The van der Waals surface area contributed by atoms with E-state index in [9.17, 15) is 18.8 Å². The summed E-state index contributed by atoms with van der Waals surface area (Å²) in [6.07, 6.45) is 1.62. The van der Waals surface area contributed by atoms with Gasteiger partial charge in [0, 0.05) is 40.4 Å². The zero-order chi connectivity index (χ0) is 34.0. The van der Waals surface area contributed by atoms with Gasteiger partial charge in [0.05, 0.1) is 5.69 Å². The van der Waals surface area contributed by atoms with Gasteiger partial charge in [0.1, 0.15) is 16.8 Å². The fourth-order valence-corrected chi connectivity index (χ4v) is 5.98. The van der Waals surface area contributed by atoms with E-state index in [1.807, 2.05) is 79.7 Å². The van der Waals surface area contributed by atoms with E-state index in [4.69, 9.17) is 0 Å². The lowest BCUT2D eigenvalue weighted by molar-refractivity contribution is -0.116. The summed E-state index contributed by atoms with van der Waals surface area (Å²) in [4.78, 5) is 42.7. The second-order valence-corrected chi connectivity index (χ2v) is 13.0. The predicted octanol–water partition coefficient (Wildman–Crippen LogP) is 8.54. The van der Waals surface area contributed by atoms with Crippen LogP contribution in [0, 0.1) is 5.82 Å². The van der Waals surface area contributed by atoms with Gasteiger partial charge in [-0.25, -0.2) is 4.39 Å². The molecule has 5 aromatic rings. The summed E-state index contributed by atoms with van der Waals surface area (Å²) >= 11 is 4.53. The van der Waals surface area contributed by atoms with Crippen molar-refractivity contribution in [2.45, 2.75) is 10.1 Å². The number of carbonyl (C=O) groups is 3. The van der Waals surface area contributed by atoms with Gasteiger partial charge >= 0.3 is 0 Å². The van der Waals surface area contributed by atoms with Crippen LogP contribution in [0.15, 0.2) is 142 Å². The predicted molar refractivity (Wildman–Crippen MR) is 195 cm³/mol. The van der Waals surface area contributed by atoms with Gasteiger partial charge in [-0.05, 0) is 83.9 Å². The highest BCUT2D eigenvalue weighted by atomic mass is 79.9. The first kappa shape index (κ1) is 34.2. The molecule has 0 aliphatic heterocycles. The van der Waals surface area contributed by atoms with Crippen LogP contribution in [0.4, 0.5) is 21.5 Å². The number of thioether (sulfide) groups is 1. The third-order valence-electron chi connectivity index (χ3n) is 7.14. The molecule has 48 heavy (non-hydrogen) atoms. The zero-order valence-electron chi connectivity index (χ0n) is 26.1. The zero-order valence-corrected chi connectivity index (χ0v) is 28.5. The number of hydrogen-bond donors (Lipinski definition) is 3. The topological polar surface area (TPSA) is 90.5 Å². The normalized spacial score (nSPS) is 11.7. The minimum atomic E-state index is -0.684. The molecule has 0 radical (unpaired) electrons. The quantitative estimate of drug-likeness (QED) is 0.0940. The number of benzene rings is 5.